The highest BCUT2D eigenvalue weighted by atomic mass is 19.1. The van der Waals surface area contributed by atoms with Gasteiger partial charge >= 0.3 is 11.8 Å². The van der Waals surface area contributed by atoms with E-state index in [2.05, 4.69) is 27.6 Å². The van der Waals surface area contributed by atoms with Gasteiger partial charge in [0.25, 0.3) is 0 Å². The Morgan fingerprint density at radius 3 is 2.48 bits per heavy atom. The number of pyridine rings is 1. The van der Waals surface area contributed by atoms with Gasteiger partial charge in [-0.1, -0.05) is 37.3 Å². The molecule has 0 bridgehead atoms. The van der Waals surface area contributed by atoms with Gasteiger partial charge in [0.2, 0.25) is 0 Å². The van der Waals surface area contributed by atoms with Crippen LogP contribution in [0.25, 0.3) is 10.9 Å². The standard InChI is InChI=1S/C34H37FN4O5/c1-22(24-7-5-4-6-8-24)20-37-33(40)34(41)38-25-9-10-30(27(35)17-25)44-29-11-14-36-28-19-32(31(42-3)18-26(28)29)43-21-23-12-15-39(2)16-13-23/h4-11,14,17-19,22-23H,12-13,15-16,20-21H2,1-3H3,(H,37,40)(H,38,41)/t22-/m0/s1. The summed E-state index contributed by atoms with van der Waals surface area (Å²) in [6.07, 6.45) is 3.74. The summed E-state index contributed by atoms with van der Waals surface area (Å²) in [7, 11) is 3.69. The molecule has 10 heteroatoms. The number of fused-ring (bicyclic) bond motifs is 1. The van der Waals surface area contributed by atoms with Crippen LogP contribution in [0.15, 0.2) is 72.9 Å². The molecule has 2 heterocycles. The van der Waals surface area contributed by atoms with Crippen LogP contribution in [-0.2, 0) is 9.59 Å². The van der Waals surface area contributed by atoms with Crippen LogP contribution < -0.4 is 24.8 Å². The molecular weight excluding hydrogens is 563 g/mol. The number of halogens is 1. The van der Waals surface area contributed by atoms with Gasteiger partial charge in [-0.05, 0) is 74.6 Å². The zero-order chi connectivity index (χ0) is 31.1. The van der Waals surface area contributed by atoms with Crippen molar-refractivity contribution in [2.24, 2.45) is 5.92 Å². The molecule has 3 aromatic carbocycles. The molecule has 1 aliphatic rings. The van der Waals surface area contributed by atoms with Crippen molar-refractivity contribution in [3.05, 3.63) is 84.3 Å². The van der Waals surface area contributed by atoms with Gasteiger partial charge < -0.3 is 29.7 Å². The number of hydrogen-bond donors (Lipinski definition) is 2. The quantitative estimate of drug-likeness (QED) is 0.224. The lowest BCUT2D eigenvalue weighted by Crippen LogP contribution is -2.37. The molecular formula is C34H37FN4O5. The number of aromatic nitrogens is 1. The van der Waals surface area contributed by atoms with Crippen molar-refractivity contribution >= 4 is 28.4 Å². The molecule has 5 rings (SSSR count). The first-order valence-electron chi connectivity index (χ1n) is 14.7. The second-order valence-electron chi connectivity index (χ2n) is 11.1. The van der Waals surface area contributed by atoms with Crippen molar-refractivity contribution in [3.63, 3.8) is 0 Å². The molecule has 0 spiro atoms. The lowest BCUT2D eigenvalue weighted by atomic mass is 9.98. The number of ether oxygens (including phenoxy) is 3. The third kappa shape index (κ3) is 7.62. The van der Waals surface area contributed by atoms with Crippen LogP contribution in [0.1, 0.15) is 31.2 Å². The number of piperidine rings is 1. The van der Waals surface area contributed by atoms with Crippen LogP contribution in [0.2, 0.25) is 0 Å². The van der Waals surface area contributed by atoms with E-state index in [1.807, 2.05) is 37.3 Å². The van der Waals surface area contributed by atoms with Gasteiger partial charge in [-0.15, -0.1) is 0 Å². The summed E-state index contributed by atoms with van der Waals surface area (Å²) in [6.45, 7) is 4.94. The number of methoxy groups -OCH3 is 1. The summed E-state index contributed by atoms with van der Waals surface area (Å²) in [4.78, 5) is 31.5. The van der Waals surface area contributed by atoms with E-state index < -0.39 is 17.6 Å². The Kier molecular flexibility index (Phi) is 9.91. The number of anilines is 1. The van der Waals surface area contributed by atoms with Crippen molar-refractivity contribution in [3.8, 4) is 23.0 Å². The van der Waals surface area contributed by atoms with Gasteiger partial charge in [0.15, 0.2) is 23.1 Å². The van der Waals surface area contributed by atoms with Crippen molar-refractivity contribution in [1.29, 1.82) is 0 Å². The van der Waals surface area contributed by atoms with Crippen LogP contribution in [0, 0.1) is 11.7 Å². The minimum absolute atomic E-state index is 0.0225. The van der Waals surface area contributed by atoms with Crippen LogP contribution >= 0.6 is 0 Å². The van der Waals surface area contributed by atoms with E-state index in [0.29, 0.717) is 40.7 Å². The third-order valence-corrected chi connectivity index (χ3v) is 7.85. The second kappa shape index (κ2) is 14.2. The monoisotopic (exact) mass is 600 g/mol. The number of carbonyl (C=O) groups excluding carboxylic acids is 2. The molecule has 0 radical (unpaired) electrons. The molecule has 2 N–H and O–H groups in total. The number of rotatable bonds is 10. The van der Waals surface area contributed by atoms with Crippen molar-refractivity contribution < 1.29 is 28.2 Å². The molecule has 2 amide bonds. The second-order valence-corrected chi connectivity index (χ2v) is 11.1. The van der Waals surface area contributed by atoms with Gasteiger partial charge in [-0.25, -0.2) is 4.39 Å². The summed E-state index contributed by atoms with van der Waals surface area (Å²) < 4.78 is 32.8. The fraction of sp³-hybridized carbons (Fsp3) is 0.324. The molecule has 1 saturated heterocycles. The van der Waals surface area contributed by atoms with Gasteiger partial charge in [0, 0.05) is 35.9 Å². The first-order valence-corrected chi connectivity index (χ1v) is 14.7. The minimum Gasteiger partial charge on any atom is -0.493 e. The van der Waals surface area contributed by atoms with E-state index in [0.717, 1.165) is 37.6 Å². The average Bonchev–Trinajstić information content (AvgIpc) is 3.04. The molecule has 44 heavy (non-hydrogen) atoms. The maximum absolute atomic E-state index is 15.1. The van der Waals surface area contributed by atoms with E-state index in [9.17, 15) is 9.59 Å². The molecule has 1 aromatic heterocycles. The molecule has 0 aliphatic carbocycles. The SMILES string of the molecule is COc1cc2c(Oc3ccc(NC(=O)C(=O)NC[C@H](C)c4ccccc4)cc3F)ccnc2cc1OCC1CCN(C)CC1. The number of benzene rings is 3. The Morgan fingerprint density at radius 2 is 1.75 bits per heavy atom. The Morgan fingerprint density at radius 1 is 0.977 bits per heavy atom. The predicted octanol–water partition coefficient (Wildman–Crippen LogP) is 5.75. The molecule has 230 valence electrons. The largest absolute Gasteiger partial charge is 0.493 e. The molecule has 1 fully saturated rings. The molecule has 0 saturated carbocycles. The van der Waals surface area contributed by atoms with E-state index in [4.69, 9.17) is 14.2 Å². The summed E-state index contributed by atoms with van der Waals surface area (Å²) in [5.41, 5.74) is 1.78. The summed E-state index contributed by atoms with van der Waals surface area (Å²) in [5.74, 6) is -0.477. The first kappa shape index (κ1) is 30.7. The molecule has 4 aromatic rings. The summed E-state index contributed by atoms with van der Waals surface area (Å²) in [5, 5.41) is 5.68. The van der Waals surface area contributed by atoms with Crippen molar-refractivity contribution in [1.82, 2.24) is 15.2 Å². The fourth-order valence-electron chi connectivity index (χ4n) is 5.12. The average molecular weight is 601 g/mol. The molecule has 1 aliphatic heterocycles. The van der Waals surface area contributed by atoms with Crippen LogP contribution in [0.3, 0.4) is 0 Å². The minimum atomic E-state index is -0.889. The Balaban J connectivity index is 1.22. The number of carbonyl (C=O) groups is 2. The van der Waals surface area contributed by atoms with Gasteiger partial charge in [-0.2, -0.15) is 0 Å². The van der Waals surface area contributed by atoms with Crippen LogP contribution in [-0.4, -0.2) is 62.1 Å². The third-order valence-electron chi connectivity index (χ3n) is 7.85. The van der Waals surface area contributed by atoms with Crippen molar-refractivity contribution in [2.45, 2.75) is 25.7 Å². The zero-order valence-corrected chi connectivity index (χ0v) is 25.1. The smallest absolute Gasteiger partial charge is 0.313 e. The number of nitrogens with one attached hydrogen (secondary N) is 2. The lowest BCUT2D eigenvalue weighted by Gasteiger charge is -2.28. The van der Waals surface area contributed by atoms with E-state index in [1.165, 1.54) is 12.1 Å². The first-order chi connectivity index (χ1) is 21.3. The van der Waals surface area contributed by atoms with E-state index in [1.54, 1.807) is 31.5 Å². The number of likely N-dealkylation sites (tertiary alicyclic amines) is 1. The summed E-state index contributed by atoms with van der Waals surface area (Å²) in [6, 6.07) is 18.8. The van der Waals surface area contributed by atoms with Gasteiger partial charge in [-0.3, -0.25) is 14.6 Å². The van der Waals surface area contributed by atoms with Gasteiger partial charge in [0.05, 0.1) is 19.2 Å². The molecule has 1 atom stereocenters. The highest BCUT2D eigenvalue weighted by Crippen LogP contribution is 2.38. The Bertz CT molecular complexity index is 1610. The molecule has 0 unspecified atom stereocenters. The Labute approximate surface area is 256 Å². The highest BCUT2D eigenvalue weighted by Gasteiger charge is 2.20. The summed E-state index contributed by atoms with van der Waals surface area (Å²) >= 11 is 0. The fourth-order valence-corrected chi connectivity index (χ4v) is 5.12. The number of hydrogen-bond acceptors (Lipinski definition) is 7. The normalized spacial score (nSPS) is 14.5. The van der Waals surface area contributed by atoms with Crippen LogP contribution in [0.4, 0.5) is 10.1 Å². The maximum Gasteiger partial charge on any atom is 0.313 e. The Hall–Kier alpha value is -4.70. The van der Waals surface area contributed by atoms with Crippen molar-refractivity contribution in [2.75, 3.05) is 45.7 Å². The van der Waals surface area contributed by atoms with Gasteiger partial charge in [0.1, 0.15) is 5.75 Å². The highest BCUT2D eigenvalue weighted by molar-refractivity contribution is 6.39. The predicted molar refractivity (Wildman–Crippen MR) is 167 cm³/mol. The number of nitrogens with zero attached hydrogens (tertiary/aromatic N) is 2. The lowest BCUT2D eigenvalue weighted by molar-refractivity contribution is -0.136. The topological polar surface area (TPSA) is 102 Å². The van der Waals surface area contributed by atoms with E-state index in [-0.39, 0.29) is 23.9 Å². The maximum atomic E-state index is 15.1. The van der Waals surface area contributed by atoms with E-state index >= 15 is 4.39 Å². The van der Waals surface area contributed by atoms with Crippen LogP contribution in [0.5, 0.6) is 23.0 Å². The molecule has 9 nitrogen and oxygen atoms in total. The number of amides is 2. The zero-order valence-electron chi connectivity index (χ0n) is 25.1.